The molecule has 6 heteroatoms. The van der Waals surface area contributed by atoms with Gasteiger partial charge in [0.25, 0.3) is 5.91 Å². The van der Waals surface area contributed by atoms with Crippen molar-refractivity contribution in [3.8, 4) is 23.8 Å². The summed E-state index contributed by atoms with van der Waals surface area (Å²) in [6, 6.07) is 9.25. The monoisotopic (exact) mass is 364 g/mol. The molecule has 1 aliphatic rings. The summed E-state index contributed by atoms with van der Waals surface area (Å²) in [4.78, 5) is 17.6. The molecule has 130 valence electrons. The van der Waals surface area contributed by atoms with Gasteiger partial charge in [-0.3, -0.25) is 4.79 Å². The molecule has 0 fully saturated rings. The van der Waals surface area contributed by atoms with Gasteiger partial charge in [0.15, 0.2) is 16.3 Å². The summed E-state index contributed by atoms with van der Waals surface area (Å²) in [5.41, 5.74) is 3.74. The first-order valence-electron chi connectivity index (χ1n) is 8.09. The van der Waals surface area contributed by atoms with Gasteiger partial charge in [-0.25, -0.2) is 0 Å². The number of rotatable bonds is 2. The van der Waals surface area contributed by atoms with Gasteiger partial charge in [0.05, 0.1) is 16.8 Å². The highest BCUT2D eigenvalue weighted by atomic mass is 32.1. The zero-order valence-corrected chi connectivity index (χ0v) is 15.2. The minimum atomic E-state index is -0.338. The van der Waals surface area contributed by atoms with Crippen molar-refractivity contribution in [3.05, 3.63) is 51.8 Å². The van der Waals surface area contributed by atoms with E-state index in [9.17, 15) is 4.79 Å². The molecule has 2 aromatic carbocycles. The second kappa shape index (κ2) is 6.36. The number of carbonyl (C=O) groups is 1. The Morgan fingerprint density at radius 1 is 1.27 bits per heavy atom. The maximum Gasteiger partial charge on any atom is 0.279 e. The summed E-state index contributed by atoms with van der Waals surface area (Å²) >= 11 is 1.47. The highest BCUT2D eigenvalue weighted by Gasteiger charge is 2.16. The summed E-state index contributed by atoms with van der Waals surface area (Å²) in [5, 5.41) is 0. The number of ether oxygens (including phenoxy) is 2. The van der Waals surface area contributed by atoms with Crippen molar-refractivity contribution in [3.63, 3.8) is 0 Å². The van der Waals surface area contributed by atoms with Gasteiger partial charge < -0.3 is 14.0 Å². The van der Waals surface area contributed by atoms with Crippen LogP contribution in [0.3, 0.4) is 0 Å². The molecule has 0 unspecified atom stereocenters. The zero-order chi connectivity index (χ0) is 18.3. The lowest BCUT2D eigenvalue weighted by atomic mass is 10.1. The van der Waals surface area contributed by atoms with Crippen LogP contribution in [0.25, 0.3) is 10.2 Å². The largest absolute Gasteiger partial charge is 0.454 e. The van der Waals surface area contributed by atoms with Crippen LogP contribution >= 0.6 is 11.3 Å². The molecule has 1 amide bonds. The van der Waals surface area contributed by atoms with Crippen LogP contribution in [0.15, 0.2) is 35.3 Å². The van der Waals surface area contributed by atoms with Crippen molar-refractivity contribution in [2.45, 2.75) is 20.4 Å². The molecule has 1 aliphatic heterocycles. The standard InChI is InChI=1S/C20H16N2O3S/c1-4-7-22-15-9-12(2)8-13(3)18(15)26-20(22)21-19(23)14-5-6-16-17(10-14)25-11-24-16/h1,5-6,8-10H,7,11H2,2-3H3. The normalized spacial score (nSPS) is 13.2. The predicted octanol–water partition coefficient (Wildman–Crippen LogP) is 3.42. The Morgan fingerprint density at radius 3 is 2.88 bits per heavy atom. The summed E-state index contributed by atoms with van der Waals surface area (Å²) in [7, 11) is 0. The third-order valence-corrected chi connectivity index (χ3v) is 5.41. The van der Waals surface area contributed by atoms with E-state index in [1.165, 1.54) is 11.3 Å². The average molecular weight is 364 g/mol. The second-order valence-electron chi connectivity index (χ2n) is 6.09. The van der Waals surface area contributed by atoms with Crippen molar-refractivity contribution in [1.82, 2.24) is 4.57 Å². The number of benzene rings is 2. The maximum atomic E-state index is 12.7. The SMILES string of the molecule is C#CCn1c(=NC(=O)c2ccc3c(c2)OCO3)sc2c(C)cc(C)cc21. The fourth-order valence-electron chi connectivity index (χ4n) is 3.02. The maximum absolute atomic E-state index is 12.7. The van der Waals surface area contributed by atoms with Crippen molar-refractivity contribution in [1.29, 1.82) is 0 Å². The number of aromatic nitrogens is 1. The number of hydrogen-bond donors (Lipinski definition) is 0. The van der Waals surface area contributed by atoms with E-state index in [1.807, 2.05) is 11.5 Å². The molecule has 2 heterocycles. The van der Waals surface area contributed by atoms with Crippen LogP contribution in [0.4, 0.5) is 0 Å². The number of fused-ring (bicyclic) bond motifs is 2. The van der Waals surface area contributed by atoms with Gasteiger partial charge in [0, 0.05) is 5.56 Å². The third-order valence-electron chi connectivity index (χ3n) is 4.18. The van der Waals surface area contributed by atoms with Crippen molar-refractivity contribution in [2.24, 2.45) is 4.99 Å². The van der Waals surface area contributed by atoms with E-state index < -0.39 is 0 Å². The van der Waals surface area contributed by atoms with Gasteiger partial charge >= 0.3 is 0 Å². The van der Waals surface area contributed by atoms with E-state index in [4.69, 9.17) is 15.9 Å². The summed E-state index contributed by atoms with van der Waals surface area (Å²) < 4.78 is 13.6. The zero-order valence-electron chi connectivity index (χ0n) is 14.4. The van der Waals surface area contributed by atoms with Crippen LogP contribution < -0.4 is 14.3 Å². The van der Waals surface area contributed by atoms with E-state index in [-0.39, 0.29) is 12.7 Å². The Balaban J connectivity index is 1.85. The number of hydrogen-bond acceptors (Lipinski definition) is 4. The molecule has 0 aliphatic carbocycles. The number of thiazole rings is 1. The first kappa shape index (κ1) is 16.4. The average Bonchev–Trinajstić information content (AvgIpc) is 3.20. The molecule has 4 rings (SSSR count). The smallest absolute Gasteiger partial charge is 0.279 e. The van der Waals surface area contributed by atoms with Gasteiger partial charge in [0.1, 0.15) is 0 Å². The Bertz CT molecular complexity index is 1150. The van der Waals surface area contributed by atoms with Crippen molar-refractivity contribution >= 4 is 27.5 Å². The lowest BCUT2D eigenvalue weighted by Gasteiger charge is -2.03. The minimum absolute atomic E-state index is 0.168. The highest BCUT2D eigenvalue weighted by Crippen LogP contribution is 2.32. The van der Waals surface area contributed by atoms with Crippen LogP contribution in [0.2, 0.25) is 0 Å². The highest BCUT2D eigenvalue weighted by molar-refractivity contribution is 7.16. The number of aryl methyl sites for hydroxylation is 2. The Hall–Kier alpha value is -3.04. The fraction of sp³-hybridized carbons (Fsp3) is 0.200. The Morgan fingerprint density at radius 2 is 2.08 bits per heavy atom. The molecule has 0 saturated heterocycles. The first-order valence-corrected chi connectivity index (χ1v) is 8.91. The Kier molecular flexibility index (Phi) is 4.02. The number of carbonyl (C=O) groups excluding carboxylic acids is 1. The van der Waals surface area contributed by atoms with Gasteiger partial charge in [-0.1, -0.05) is 23.3 Å². The van der Waals surface area contributed by atoms with Crippen molar-refractivity contribution in [2.75, 3.05) is 6.79 Å². The van der Waals surface area contributed by atoms with E-state index >= 15 is 0 Å². The van der Waals surface area contributed by atoms with Crippen LogP contribution in [0, 0.1) is 26.2 Å². The molecule has 0 radical (unpaired) electrons. The summed E-state index contributed by atoms with van der Waals surface area (Å²) in [5.74, 6) is 3.51. The molecule has 5 nitrogen and oxygen atoms in total. The van der Waals surface area contributed by atoms with Crippen molar-refractivity contribution < 1.29 is 14.3 Å². The van der Waals surface area contributed by atoms with Gasteiger partial charge in [-0.2, -0.15) is 4.99 Å². The molecule has 0 atom stereocenters. The second-order valence-corrected chi connectivity index (χ2v) is 7.07. The molecule has 0 spiro atoms. The molecule has 0 N–H and O–H groups in total. The first-order chi connectivity index (χ1) is 12.6. The Labute approximate surface area is 154 Å². The van der Waals surface area contributed by atoms with E-state index in [0.29, 0.717) is 28.4 Å². The van der Waals surface area contributed by atoms with Gasteiger partial charge in [-0.05, 0) is 49.2 Å². The van der Waals surface area contributed by atoms with Crippen LogP contribution in [0.1, 0.15) is 21.5 Å². The molecule has 0 saturated carbocycles. The lowest BCUT2D eigenvalue weighted by Crippen LogP contribution is -2.16. The molecular formula is C20H16N2O3S. The third kappa shape index (κ3) is 2.76. The predicted molar refractivity (Wildman–Crippen MR) is 101 cm³/mol. The molecular weight excluding hydrogens is 348 g/mol. The quantitative estimate of drug-likeness (QED) is 0.655. The van der Waals surface area contributed by atoms with E-state index in [2.05, 4.69) is 30.0 Å². The minimum Gasteiger partial charge on any atom is -0.454 e. The molecule has 3 aromatic rings. The summed E-state index contributed by atoms with van der Waals surface area (Å²) in [6.45, 7) is 4.62. The van der Waals surface area contributed by atoms with Crippen LogP contribution in [0.5, 0.6) is 11.5 Å². The van der Waals surface area contributed by atoms with Gasteiger partial charge in [-0.15, -0.1) is 6.42 Å². The van der Waals surface area contributed by atoms with E-state index in [0.717, 1.165) is 21.3 Å². The van der Waals surface area contributed by atoms with Crippen LogP contribution in [-0.4, -0.2) is 17.3 Å². The number of nitrogens with zero attached hydrogens (tertiary/aromatic N) is 2. The molecule has 1 aromatic heterocycles. The lowest BCUT2D eigenvalue weighted by molar-refractivity contribution is 0.0997. The van der Waals surface area contributed by atoms with Gasteiger partial charge in [0.2, 0.25) is 6.79 Å². The van der Waals surface area contributed by atoms with Crippen LogP contribution in [-0.2, 0) is 6.54 Å². The molecule has 0 bridgehead atoms. The fourth-order valence-corrected chi connectivity index (χ4v) is 4.10. The number of terminal acetylenes is 1. The number of amides is 1. The topological polar surface area (TPSA) is 52.8 Å². The molecule has 26 heavy (non-hydrogen) atoms. The summed E-state index contributed by atoms with van der Waals surface area (Å²) in [6.07, 6.45) is 5.54. The van der Waals surface area contributed by atoms with E-state index in [1.54, 1.807) is 18.2 Å².